The molecule has 0 saturated carbocycles. The molecule has 0 spiro atoms. The van der Waals surface area contributed by atoms with Gasteiger partial charge in [-0.25, -0.2) is 0 Å². The number of nitrogens with zero attached hydrogens (tertiary/aromatic N) is 2. The third-order valence-corrected chi connectivity index (χ3v) is 3.24. The van der Waals surface area contributed by atoms with E-state index < -0.39 is 0 Å². The van der Waals surface area contributed by atoms with E-state index in [1.54, 1.807) is 12.1 Å². The number of nitrogens with one attached hydrogen (secondary N) is 1. The van der Waals surface area contributed by atoms with Gasteiger partial charge in [-0.2, -0.15) is 5.26 Å². The van der Waals surface area contributed by atoms with Crippen molar-refractivity contribution in [3.63, 3.8) is 0 Å². The Morgan fingerprint density at radius 3 is 2.60 bits per heavy atom. The number of carbonyl (C=O) groups excluding carboxylic acids is 1. The van der Waals surface area contributed by atoms with Gasteiger partial charge in [-0.1, -0.05) is 12.1 Å². The normalized spacial score (nSPS) is 12.2. The fourth-order valence-corrected chi connectivity index (χ4v) is 2.08. The molecule has 1 aromatic carbocycles. The highest BCUT2D eigenvalue weighted by Crippen LogP contribution is 2.18. The van der Waals surface area contributed by atoms with E-state index >= 15 is 0 Å². The average molecular weight is 274 g/mol. The van der Waals surface area contributed by atoms with E-state index in [0.717, 1.165) is 0 Å². The molecule has 0 aliphatic heterocycles. The van der Waals surface area contributed by atoms with Crippen LogP contribution in [0, 0.1) is 11.3 Å². The minimum Gasteiger partial charge on any atom is -0.397 e. The first-order valence-corrected chi connectivity index (χ1v) is 6.75. The lowest BCUT2D eigenvalue weighted by Crippen LogP contribution is -2.46. The van der Waals surface area contributed by atoms with Crippen LogP contribution in [0.15, 0.2) is 24.3 Å². The molecule has 0 aliphatic carbocycles. The fourth-order valence-electron chi connectivity index (χ4n) is 2.08. The number of nitrogens with two attached hydrogens (primary N) is 1. The summed E-state index contributed by atoms with van der Waals surface area (Å²) >= 11 is 0. The number of nitriles is 1. The zero-order chi connectivity index (χ0) is 15.1. The summed E-state index contributed by atoms with van der Waals surface area (Å²) in [7, 11) is 0. The van der Waals surface area contributed by atoms with Gasteiger partial charge in [0.15, 0.2) is 0 Å². The van der Waals surface area contributed by atoms with Crippen LogP contribution in [0.25, 0.3) is 0 Å². The molecule has 0 aromatic heterocycles. The lowest BCUT2D eigenvalue weighted by atomic mass is 10.1. The Labute approximate surface area is 120 Å². The topological polar surface area (TPSA) is 82.2 Å². The van der Waals surface area contributed by atoms with Crippen LogP contribution in [0.5, 0.6) is 0 Å². The molecule has 0 radical (unpaired) electrons. The Hall–Kier alpha value is -2.06. The van der Waals surface area contributed by atoms with Crippen molar-refractivity contribution in [2.45, 2.75) is 39.3 Å². The highest BCUT2D eigenvalue weighted by atomic mass is 16.2. The molecule has 3 N–H and O–H groups in total. The molecule has 5 nitrogen and oxygen atoms in total. The Balaban J connectivity index is 2.74. The number of nitrogen functional groups attached to an aromatic ring is 1. The molecule has 0 fully saturated rings. The SMILES string of the molecule is CC(C)N(CCC#N)C(C)C(=O)Nc1ccccc1N. The van der Waals surface area contributed by atoms with E-state index in [4.69, 9.17) is 11.0 Å². The largest absolute Gasteiger partial charge is 0.397 e. The number of hydrogen-bond acceptors (Lipinski definition) is 4. The molecule has 5 heteroatoms. The van der Waals surface area contributed by atoms with Gasteiger partial charge in [-0.3, -0.25) is 9.69 Å². The van der Waals surface area contributed by atoms with Crippen LogP contribution in [-0.2, 0) is 4.79 Å². The zero-order valence-electron chi connectivity index (χ0n) is 12.3. The summed E-state index contributed by atoms with van der Waals surface area (Å²) in [6.45, 7) is 6.44. The van der Waals surface area contributed by atoms with Gasteiger partial charge in [0.05, 0.1) is 23.5 Å². The predicted octanol–water partition coefficient (Wildman–Crippen LogP) is 2.22. The number of rotatable bonds is 6. The first kappa shape index (κ1) is 16.0. The summed E-state index contributed by atoms with van der Waals surface area (Å²) in [5, 5.41) is 11.5. The third kappa shape index (κ3) is 4.25. The molecule has 1 rings (SSSR count). The smallest absolute Gasteiger partial charge is 0.241 e. The maximum Gasteiger partial charge on any atom is 0.241 e. The number of para-hydroxylation sites is 2. The lowest BCUT2D eigenvalue weighted by Gasteiger charge is -2.31. The molecule has 1 amide bonds. The summed E-state index contributed by atoms with van der Waals surface area (Å²) in [6.07, 6.45) is 0.406. The van der Waals surface area contributed by atoms with Crippen LogP contribution in [0.1, 0.15) is 27.2 Å². The van der Waals surface area contributed by atoms with Crippen LogP contribution in [0.2, 0.25) is 0 Å². The summed E-state index contributed by atoms with van der Waals surface area (Å²) in [6, 6.07) is 9.15. The van der Waals surface area contributed by atoms with E-state index in [-0.39, 0.29) is 18.0 Å². The predicted molar refractivity (Wildman–Crippen MR) is 81.0 cm³/mol. The van der Waals surface area contributed by atoms with Crippen molar-refractivity contribution < 1.29 is 4.79 Å². The Morgan fingerprint density at radius 1 is 1.40 bits per heavy atom. The van der Waals surface area contributed by atoms with E-state index in [0.29, 0.717) is 24.3 Å². The molecule has 1 atom stereocenters. The average Bonchev–Trinajstić information content (AvgIpc) is 2.41. The van der Waals surface area contributed by atoms with Crippen LogP contribution >= 0.6 is 0 Å². The maximum absolute atomic E-state index is 12.3. The summed E-state index contributed by atoms with van der Waals surface area (Å²) < 4.78 is 0. The maximum atomic E-state index is 12.3. The van der Waals surface area contributed by atoms with Crippen molar-refractivity contribution in [1.82, 2.24) is 4.90 Å². The number of anilines is 2. The second-order valence-electron chi connectivity index (χ2n) is 4.99. The van der Waals surface area contributed by atoms with E-state index in [2.05, 4.69) is 11.4 Å². The zero-order valence-corrected chi connectivity index (χ0v) is 12.3. The van der Waals surface area contributed by atoms with Crippen molar-refractivity contribution in [3.05, 3.63) is 24.3 Å². The minimum atomic E-state index is -0.317. The highest BCUT2D eigenvalue weighted by Gasteiger charge is 2.23. The fraction of sp³-hybridized carbons (Fsp3) is 0.467. The first-order valence-electron chi connectivity index (χ1n) is 6.75. The number of hydrogen-bond donors (Lipinski definition) is 2. The molecule has 0 saturated heterocycles. The molecule has 1 unspecified atom stereocenters. The lowest BCUT2D eigenvalue weighted by molar-refractivity contribution is -0.121. The molecule has 108 valence electrons. The van der Waals surface area contributed by atoms with Crippen LogP contribution in [0.4, 0.5) is 11.4 Å². The second-order valence-corrected chi connectivity index (χ2v) is 4.99. The molecule has 0 aliphatic rings. The molecular weight excluding hydrogens is 252 g/mol. The summed E-state index contributed by atoms with van der Waals surface area (Å²) in [5.41, 5.74) is 6.98. The van der Waals surface area contributed by atoms with Gasteiger partial charge in [-0.05, 0) is 32.9 Å². The van der Waals surface area contributed by atoms with Crippen molar-refractivity contribution >= 4 is 17.3 Å². The quantitative estimate of drug-likeness (QED) is 0.779. The van der Waals surface area contributed by atoms with Gasteiger partial charge in [-0.15, -0.1) is 0 Å². The Bertz CT molecular complexity index is 493. The third-order valence-electron chi connectivity index (χ3n) is 3.24. The van der Waals surface area contributed by atoms with Crippen molar-refractivity contribution in [1.29, 1.82) is 5.26 Å². The first-order chi connectivity index (χ1) is 9.47. The number of carbonyl (C=O) groups is 1. The van der Waals surface area contributed by atoms with Gasteiger partial charge >= 0.3 is 0 Å². The van der Waals surface area contributed by atoms with Gasteiger partial charge in [0.1, 0.15) is 0 Å². The Morgan fingerprint density at radius 2 is 2.05 bits per heavy atom. The van der Waals surface area contributed by atoms with Gasteiger partial charge in [0.2, 0.25) is 5.91 Å². The molecule has 1 aromatic rings. The second kappa shape index (κ2) is 7.51. The van der Waals surface area contributed by atoms with E-state index in [1.165, 1.54) is 0 Å². The van der Waals surface area contributed by atoms with E-state index in [9.17, 15) is 4.79 Å². The van der Waals surface area contributed by atoms with E-state index in [1.807, 2.05) is 37.8 Å². The standard InChI is InChI=1S/C15H22N4O/c1-11(2)19(10-6-9-16)12(3)15(20)18-14-8-5-4-7-13(14)17/h4-5,7-8,11-12H,6,10,17H2,1-3H3,(H,18,20). The van der Waals surface area contributed by atoms with Gasteiger partial charge in [0.25, 0.3) is 0 Å². The minimum absolute atomic E-state index is 0.116. The number of amides is 1. The highest BCUT2D eigenvalue weighted by molar-refractivity contribution is 5.97. The van der Waals surface area contributed by atoms with Gasteiger partial charge < -0.3 is 11.1 Å². The van der Waals surface area contributed by atoms with Crippen LogP contribution in [0.3, 0.4) is 0 Å². The Kier molecular flexibility index (Phi) is 6.01. The molecule has 20 heavy (non-hydrogen) atoms. The summed E-state index contributed by atoms with van der Waals surface area (Å²) in [5.74, 6) is -0.116. The number of benzene rings is 1. The van der Waals surface area contributed by atoms with Crippen LogP contribution in [-0.4, -0.2) is 29.4 Å². The van der Waals surface area contributed by atoms with Crippen molar-refractivity contribution in [2.24, 2.45) is 0 Å². The molecule has 0 bridgehead atoms. The van der Waals surface area contributed by atoms with Crippen LogP contribution < -0.4 is 11.1 Å². The summed E-state index contributed by atoms with van der Waals surface area (Å²) in [4.78, 5) is 14.3. The van der Waals surface area contributed by atoms with Gasteiger partial charge in [0, 0.05) is 19.0 Å². The molecular formula is C15H22N4O. The van der Waals surface area contributed by atoms with Crippen molar-refractivity contribution in [2.75, 3.05) is 17.6 Å². The molecule has 0 heterocycles. The van der Waals surface area contributed by atoms with Crippen molar-refractivity contribution in [3.8, 4) is 6.07 Å². The monoisotopic (exact) mass is 274 g/mol.